The smallest absolute Gasteiger partial charge is 0.339 e. The summed E-state index contributed by atoms with van der Waals surface area (Å²) in [5.41, 5.74) is 0.540. The molecule has 142 valence electrons. The summed E-state index contributed by atoms with van der Waals surface area (Å²) in [6.45, 7) is 3.07. The first-order chi connectivity index (χ1) is 12.9. The Labute approximate surface area is 160 Å². The van der Waals surface area contributed by atoms with Gasteiger partial charge in [0.1, 0.15) is 11.3 Å². The predicted molar refractivity (Wildman–Crippen MR) is 99.6 cm³/mol. The number of aryl methyl sites for hydroxylation is 1. The van der Waals surface area contributed by atoms with Crippen molar-refractivity contribution in [3.8, 4) is 0 Å². The van der Waals surface area contributed by atoms with Crippen LogP contribution in [0.1, 0.15) is 56.8 Å². The Bertz CT molecular complexity index is 900. The SMILES string of the molecule is CCc1oc(C(=O)Nc2ccc(Cl)cc2C(=O)N2CCCC2)cc1C(=O)O. The van der Waals surface area contributed by atoms with E-state index in [0.29, 0.717) is 35.8 Å². The maximum Gasteiger partial charge on any atom is 0.339 e. The highest BCUT2D eigenvalue weighted by atomic mass is 35.5. The number of carboxylic acid groups (broad SMARTS) is 1. The van der Waals surface area contributed by atoms with Crippen LogP contribution in [-0.2, 0) is 6.42 Å². The fourth-order valence-corrected chi connectivity index (χ4v) is 3.23. The molecule has 1 aromatic heterocycles. The van der Waals surface area contributed by atoms with Gasteiger partial charge in [-0.25, -0.2) is 4.79 Å². The van der Waals surface area contributed by atoms with Crippen LogP contribution in [0.4, 0.5) is 5.69 Å². The van der Waals surface area contributed by atoms with Gasteiger partial charge in [-0.3, -0.25) is 9.59 Å². The summed E-state index contributed by atoms with van der Waals surface area (Å²) in [6.07, 6.45) is 2.23. The van der Waals surface area contributed by atoms with E-state index < -0.39 is 11.9 Å². The molecule has 0 bridgehead atoms. The number of benzene rings is 1. The van der Waals surface area contributed by atoms with Crippen molar-refractivity contribution in [1.29, 1.82) is 0 Å². The second-order valence-corrected chi connectivity index (χ2v) is 6.69. The zero-order valence-corrected chi connectivity index (χ0v) is 15.5. The number of carboxylic acids is 1. The Kier molecular flexibility index (Phi) is 5.51. The lowest BCUT2D eigenvalue weighted by molar-refractivity contribution is 0.0693. The molecule has 1 aromatic carbocycles. The van der Waals surface area contributed by atoms with Gasteiger partial charge in [-0.05, 0) is 31.0 Å². The monoisotopic (exact) mass is 390 g/mol. The number of furan rings is 1. The van der Waals surface area contributed by atoms with E-state index in [-0.39, 0.29) is 23.0 Å². The molecular weight excluding hydrogens is 372 g/mol. The highest BCUT2D eigenvalue weighted by Crippen LogP contribution is 2.25. The van der Waals surface area contributed by atoms with Crippen LogP contribution >= 0.6 is 11.6 Å². The molecule has 3 rings (SSSR count). The zero-order chi connectivity index (χ0) is 19.6. The number of aromatic carboxylic acids is 1. The summed E-state index contributed by atoms with van der Waals surface area (Å²) in [5.74, 6) is -1.90. The van der Waals surface area contributed by atoms with Crippen molar-refractivity contribution in [3.63, 3.8) is 0 Å². The lowest BCUT2D eigenvalue weighted by Crippen LogP contribution is -2.28. The first-order valence-corrected chi connectivity index (χ1v) is 9.04. The number of likely N-dealkylation sites (tertiary alicyclic amines) is 1. The molecule has 1 saturated heterocycles. The summed E-state index contributed by atoms with van der Waals surface area (Å²) in [4.78, 5) is 38.3. The number of amides is 2. The van der Waals surface area contributed by atoms with Gasteiger partial charge in [-0.2, -0.15) is 0 Å². The van der Waals surface area contributed by atoms with Gasteiger partial charge in [-0.1, -0.05) is 18.5 Å². The topological polar surface area (TPSA) is 99.9 Å². The minimum absolute atomic E-state index is 0.0490. The largest absolute Gasteiger partial charge is 0.478 e. The molecule has 0 spiro atoms. The van der Waals surface area contributed by atoms with Crippen molar-refractivity contribution >= 4 is 35.1 Å². The van der Waals surface area contributed by atoms with E-state index >= 15 is 0 Å². The number of hydrogen-bond donors (Lipinski definition) is 2. The van der Waals surface area contributed by atoms with Crippen LogP contribution < -0.4 is 5.32 Å². The highest BCUT2D eigenvalue weighted by Gasteiger charge is 2.25. The summed E-state index contributed by atoms with van der Waals surface area (Å²) in [5, 5.41) is 12.2. The Balaban J connectivity index is 1.88. The van der Waals surface area contributed by atoms with Gasteiger partial charge in [0.25, 0.3) is 11.8 Å². The van der Waals surface area contributed by atoms with E-state index in [4.69, 9.17) is 16.0 Å². The molecule has 0 saturated carbocycles. The Morgan fingerprint density at radius 2 is 1.89 bits per heavy atom. The molecule has 0 atom stereocenters. The third-order valence-corrected chi connectivity index (χ3v) is 4.67. The van der Waals surface area contributed by atoms with Gasteiger partial charge in [0.15, 0.2) is 5.76 Å². The number of nitrogens with zero attached hydrogens (tertiary/aromatic N) is 1. The number of nitrogens with one attached hydrogen (secondary N) is 1. The van der Waals surface area contributed by atoms with Crippen LogP contribution in [0.2, 0.25) is 5.02 Å². The molecule has 7 nitrogen and oxygen atoms in total. The Hall–Kier alpha value is -2.80. The maximum absolute atomic E-state index is 12.7. The zero-order valence-electron chi connectivity index (χ0n) is 14.8. The quantitative estimate of drug-likeness (QED) is 0.811. The third-order valence-electron chi connectivity index (χ3n) is 4.44. The molecule has 1 aliphatic rings. The van der Waals surface area contributed by atoms with Crippen LogP contribution in [-0.4, -0.2) is 40.9 Å². The van der Waals surface area contributed by atoms with Crippen molar-refractivity contribution in [2.45, 2.75) is 26.2 Å². The average molecular weight is 391 g/mol. The molecule has 8 heteroatoms. The maximum atomic E-state index is 12.7. The first-order valence-electron chi connectivity index (χ1n) is 8.67. The summed E-state index contributed by atoms with van der Waals surface area (Å²) in [6, 6.07) is 5.82. The molecule has 2 amide bonds. The molecule has 1 aliphatic heterocycles. The Morgan fingerprint density at radius 1 is 1.19 bits per heavy atom. The van der Waals surface area contributed by atoms with Crippen LogP contribution in [0, 0.1) is 0 Å². The van der Waals surface area contributed by atoms with Crippen molar-refractivity contribution in [2.75, 3.05) is 18.4 Å². The normalized spacial score (nSPS) is 13.6. The fourth-order valence-electron chi connectivity index (χ4n) is 3.06. The van der Waals surface area contributed by atoms with Gasteiger partial charge in [0, 0.05) is 30.6 Å². The van der Waals surface area contributed by atoms with Gasteiger partial charge in [0.05, 0.1) is 11.3 Å². The first kappa shape index (κ1) is 19.0. The average Bonchev–Trinajstić information content (AvgIpc) is 3.32. The van der Waals surface area contributed by atoms with Gasteiger partial charge in [0.2, 0.25) is 0 Å². The van der Waals surface area contributed by atoms with Crippen molar-refractivity contribution in [2.24, 2.45) is 0 Å². The Morgan fingerprint density at radius 3 is 2.48 bits per heavy atom. The number of halogens is 1. The van der Waals surface area contributed by atoms with Gasteiger partial charge < -0.3 is 19.7 Å². The lowest BCUT2D eigenvalue weighted by atomic mass is 10.1. The van der Waals surface area contributed by atoms with Crippen molar-refractivity contribution in [3.05, 3.63) is 51.9 Å². The lowest BCUT2D eigenvalue weighted by Gasteiger charge is -2.18. The number of anilines is 1. The number of carbonyl (C=O) groups excluding carboxylic acids is 2. The number of hydrogen-bond acceptors (Lipinski definition) is 4. The molecule has 2 heterocycles. The second-order valence-electron chi connectivity index (χ2n) is 6.25. The standard InChI is InChI=1S/C19H19ClN2O5/c1-2-15-13(19(25)26)10-16(27-15)17(23)21-14-6-5-11(20)9-12(14)18(24)22-7-3-4-8-22/h5-6,9-10H,2-4,7-8H2,1H3,(H,21,23)(H,25,26). The van der Waals surface area contributed by atoms with Crippen LogP contribution in [0.15, 0.2) is 28.7 Å². The molecule has 2 aromatic rings. The van der Waals surface area contributed by atoms with Crippen LogP contribution in [0.5, 0.6) is 0 Å². The summed E-state index contributed by atoms with van der Waals surface area (Å²) >= 11 is 6.03. The third kappa shape index (κ3) is 3.98. The van der Waals surface area contributed by atoms with E-state index in [1.54, 1.807) is 24.0 Å². The molecule has 0 radical (unpaired) electrons. The van der Waals surface area contributed by atoms with E-state index in [2.05, 4.69) is 5.32 Å². The van der Waals surface area contributed by atoms with E-state index in [1.165, 1.54) is 12.1 Å². The number of rotatable bonds is 5. The van der Waals surface area contributed by atoms with Crippen LogP contribution in [0.25, 0.3) is 0 Å². The molecule has 2 N–H and O–H groups in total. The van der Waals surface area contributed by atoms with E-state index in [9.17, 15) is 19.5 Å². The predicted octanol–water partition coefficient (Wildman–Crippen LogP) is 3.68. The number of carbonyl (C=O) groups is 3. The second kappa shape index (κ2) is 7.84. The van der Waals surface area contributed by atoms with Crippen molar-refractivity contribution in [1.82, 2.24) is 4.90 Å². The molecule has 1 fully saturated rings. The van der Waals surface area contributed by atoms with E-state index in [1.807, 2.05) is 0 Å². The van der Waals surface area contributed by atoms with E-state index in [0.717, 1.165) is 12.8 Å². The summed E-state index contributed by atoms with van der Waals surface area (Å²) < 4.78 is 5.37. The summed E-state index contributed by atoms with van der Waals surface area (Å²) in [7, 11) is 0. The molecule has 27 heavy (non-hydrogen) atoms. The van der Waals surface area contributed by atoms with Crippen LogP contribution in [0.3, 0.4) is 0 Å². The fraction of sp³-hybridized carbons (Fsp3) is 0.316. The van der Waals surface area contributed by atoms with Crippen molar-refractivity contribution < 1.29 is 23.9 Å². The molecule has 0 unspecified atom stereocenters. The molecule has 0 aliphatic carbocycles. The minimum atomic E-state index is -1.16. The van der Waals surface area contributed by atoms with Gasteiger partial charge >= 0.3 is 5.97 Å². The van der Waals surface area contributed by atoms with Gasteiger partial charge in [-0.15, -0.1) is 0 Å². The highest BCUT2D eigenvalue weighted by molar-refractivity contribution is 6.31. The minimum Gasteiger partial charge on any atom is -0.478 e. The molecular formula is C19H19ClN2O5.